The minimum atomic E-state index is 0.375. The highest BCUT2D eigenvalue weighted by atomic mass is 32.1. The van der Waals surface area contributed by atoms with E-state index in [1.165, 1.54) is 23.5 Å². The molecule has 0 atom stereocenters. The number of thiazole rings is 1. The van der Waals surface area contributed by atoms with E-state index in [1.807, 2.05) is 0 Å². The fraction of sp³-hybridized carbons (Fsp3) is 0.727. The van der Waals surface area contributed by atoms with Crippen LogP contribution in [0.25, 0.3) is 0 Å². The van der Waals surface area contributed by atoms with Gasteiger partial charge < -0.3 is 5.73 Å². The minimum absolute atomic E-state index is 0.375. The van der Waals surface area contributed by atoms with Crippen molar-refractivity contribution in [2.45, 2.75) is 33.1 Å². The first-order valence-corrected chi connectivity index (χ1v) is 6.13. The average Bonchev–Trinajstić information content (AvgIpc) is 2.48. The number of nitrogens with two attached hydrogens (primary N) is 1. The van der Waals surface area contributed by atoms with Crippen molar-refractivity contribution in [1.29, 1.82) is 0 Å². The maximum absolute atomic E-state index is 5.86. The Labute approximate surface area is 89.5 Å². The van der Waals surface area contributed by atoms with E-state index in [9.17, 15) is 0 Å². The predicted molar refractivity (Wildman–Crippen MR) is 60.4 cm³/mol. The molecule has 0 bridgehead atoms. The molecule has 0 radical (unpaired) electrons. The molecule has 2 N–H and O–H groups in total. The smallest absolute Gasteiger partial charge is 0.0897 e. The molecule has 1 aromatic rings. The zero-order valence-electron chi connectivity index (χ0n) is 8.92. The van der Waals surface area contributed by atoms with Gasteiger partial charge in [0.1, 0.15) is 0 Å². The standard InChI is InChI=1S/C11H18N2S/c1-8-3-11(4-8,7-12)5-10-6-14-9(2)13-10/h6,8H,3-5,7,12H2,1-2H3. The van der Waals surface area contributed by atoms with E-state index in [0.717, 1.165) is 18.9 Å². The number of rotatable bonds is 3. The van der Waals surface area contributed by atoms with Gasteiger partial charge in [0.2, 0.25) is 0 Å². The molecule has 1 aliphatic carbocycles. The average molecular weight is 210 g/mol. The van der Waals surface area contributed by atoms with Crippen molar-refractivity contribution in [3.8, 4) is 0 Å². The zero-order valence-corrected chi connectivity index (χ0v) is 9.73. The van der Waals surface area contributed by atoms with Gasteiger partial charge >= 0.3 is 0 Å². The second-order valence-electron chi connectivity index (χ2n) is 4.75. The molecule has 0 spiro atoms. The second-order valence-corrected chi connectivity index (χ2v) is 5.81. The molecule has 3 heteroatoms. The van der Waals surface area contributed by atoms with Crippen molar-refractivity contribution in [2.24, 2.45) is 17.1 Å². The third kappa shape index (κ3) is 1.84. The Kier molecular flexibility index (Phi) is 2.62. The Hall–Kier alpha value is -0.410. The van der Waals surface area contributed by atoms with E-state index in [2.05, 4.69) is 24.2 Å². The Balaban J connectivity index is 2.02. The fourth-order valence-corrected chi connectivity index (χ4v) is 3.29. The molecule has 0 amide bonds. The van der Waals surface area contributed by atoms with Gasteiger partial charge in [0.05, 0.1) is 10.7 Å². The van der Waals surface area contributed by atoms with Crippen LogP contribution in [0.2, 0.25) is 0 Å². The number of aromatic nitrogens is 1. The van der Waals surface area contributed by atoms with Crippen LogP contribution in [-0.4, -0.2) is 11.5 Å². The summed E-state index contributed by atoms with van der Waals surface area (Å²) in [6, 6.07) is 0. The van der Waals surface area contributed by atoms with Gasteiger partial charge in [-0.2, -0.15) is 0 Å². The molecule has 0 aromatic carbocycles. The molecule has 1 saturated carbocycles. The molecule has 1 aliphatic rings. The van der Waals surface area contributed by atoms with Crippen LogP contribution in [0.3, 0.4) is 0 Å². The number of hydrogen-bond donors (Lipinski definition) is 1. The van der Waals surface area contributed by atoms with Crippen LogP contribution in [0.15, 0.2) is 5.38 Å². The second kappa shape index (κ2) is 3.63. The van der Waals surface area contributed by atoms with E-state index in [4.69, 9.17) is 5.73 Å². The Morgan fingerprint density at radius 3 is 2.79 bits per heavy atom. The summed E-state index contributed by atoms with van der Waals surface area (Å²) in [4.78, 5) is 4.51. The van der Waals surface area contributed by atoms with Crippen molar-refractivity contribution >= 4 is 11.3 Å². The summed E-state index contributed by atoms with van der Waals surface area (Å²) in [6.45, 7) is 5.18. The van der Waals surface area contributed by atoms with Crippen molar-refractivity contribution in [3.63, 3.8) is 0 Å². The SMILES string of the molecule is Cc1nc(CC2(CN)CC(C)C2)cs1. The lowest BCUT2D eigenvalue weighted by Crippen LogP contribution is -2.43. The molecular formula is C11H18N2S. The topological polar surface area (TPSA) is 38.9 Å². The van der Waals surface area contributed by atoms with E-state index >= 15 is 0 Å². The first kappa shape index (κ1) is 10.1. The lowest BCUT2D eigenvalue weighted by atomic mass is 9.60. The van der Waals surface area contributed by atoms with Crippen LogP contribution in [0, 0.1) is 18.3 Å². The summed E-state index contributed by atoms with van der Waals surface area (Å²) in [5.41, 5.74) is 7.48. The van der Waals surface area contributed by atoms with Gasteiger partial charge in [-0.15, -0.1) is 11.3 Å². The summed E-state index contributed by atoms with van der Waals surface area (Å²) in [5.74, 6) is 0.860. The summed E-state index contributed by atoms with van der Waals surface area (Å²) in [5, 5.41) is 3.34. The highest BCUT2D eigenvalue weighted by molar-refractivity contribution is 7.09. The van der Waals surface area contributed by atoms with Crippen LogP contribution in [0.4, 0.5) is 0 Å². The molecule has 78 valence electrons. The van der Waals surface area contributed by atoms with Gasteiger partial charge in [-0.05, 0) is 44.1 Å². The largest absolute Gasteiger partial charge is 0.330 e. The third-order valence-electron chi connectivity index (χ3n) is 3.22. The minimum Gasteiger partial charge on any atom is -0.330 e. The summed E-state index contributed by atoms with van der Waals surface area (Å²) in [7, 11) is 0. The van der Waals surface area contributed by atoms with Crippen LogP contribution in [-0.2, 0) is 6.42 Å². The van der Waals surface area contributed by atoms with E-state index in [-0.39, 0.29) is 0 Å². The molecule has 1 aromatic heterocycles. The molecular weight excluding hydrogens is 192 g/mol. The highest BCUT2D eigenvalue weighted by Crippen LogP contribution is 2.46. The summed E-state index contributed by atoms with van der Waals surface area (Å²) >= 11 is 1.74. The normalized spacial score (nSPS) is 31.5. The van der Waals surface area contributed by atoms with E-state index in [0.29, 0.717) is 5.41 Å². The van der Waals surface area contributed by atoms with Crippen molar-refractivity contribution < 1.29 is 0 Å². The van der Waals surface area contributed by atoms with Crippen molar-refractivity contribution in [1.82, 2.24) is 4.98 Å². The first-order chi connectivity index (χ1) is 6.63. The van der Waals surface area contributed by atoms with Gasteiger partial charge in [0.15, 0.2) is 0 Å². The summed E-state index contributed by atoms with van der Waals surface area (Å²) in [6.07, 6.45) is 3.64. The van der Waals surface area contributed by atoms with E-state index < -0.39 is 0 Å². The maximum Gasteiger partial charge on any atom is 0.0897 e. The van der Waals surface area contributed by atoms with Gasteiger partial charge in [0, 0.05) is 5.38 Å². The van der Waals surface area contributed by atoms with Crippen LogP contribution in [0.5, 0.6) is 0 Å². The molecule has 14 heavy (non-hydrogen) atoms. The number of nitrogens with zero attached hydrogens (tertiary/aromatic N) is 1. The molecule has 2 nitrogen and oxygen atoms in total. The van der Waals surface area contributed by atoms with Crippen molar-refractivity contribution in [3.05, 3.63) is 16.1 Å². The third-order valence-corrected chi connectivity index (χ3v) is 4.04. The molecule has 0 unspecified atom stereocenters. The molecule has 1 heterocycles. The van der Waals surface area contributed by atoms with Crippen LogP contribution in [0.1, 0.15) is 30.5 Å². The molecule has 1 fully saturated rings. The number of hydrogen-bond acceptors (Lipinski definition) is 3. The van der Waals surface area contributed by atoms with Crippen LogP contribution >= 0.6 is 11.3 Å². The monoisotopic (exact) mass is 210 g/mol. The zero-order chi connectivity index (χ0) is 10.2. The lowest BCUT2D eigenvalue weighted by molar-refractivity contribution is 0.0751. The molecule has 0 saturated heterocycles. The van der Waals surface area contributed by atoms with Crippen LogP contribution < -0.4 is 5.73 Å². The molecule has 2 rings (SSSR count). The highest BCUT2D eigenvalue weighted by Gasteiger charge is 2.41. The lowest BCUT2D eigenvalue weighted by Gasteiger charge is -2.45. The van der Waals surface area contributed by atoms with Crippen molar-refractivity contribution in [2.75, 3.05) is 6.54 Å². The fourth-order valence-electron chi connectivity index (χ4n) is 2.68. The molecule has 0 aliphatic heterocycles. The summed E-state index contributed by atoms with van der Waals surface area (Å²) < 4.78 is 0. The first-order valence-electron chi connectivity index (χ1n) is 5.25. The van der Waals surface area contributed by atoms with Gasteiger partial charge in [-0.3, -0.25) is 0 Å². The number of aryl methyl sites for hydroxylation is 1. The van der Waals surface area contributed by atoms with Gasteiger partial charge in [-0.1, -0.05) is 6.92 Å². The Bertz CT molecular complexity index is 313. The van der Waals surface area contributed by atoms with E-state index in [1.54, 1.807) is 11.3 Å². The Morgan fingerprint density at radius 1 is 1.64 bits per heavy atom. The maximum atomic E-state index is 5.86. The Morgan fingerprint density at radius 2 is 2.36 bits per heavy atom. The van der Waals surface area contributed by atoms with Gasteiger partial charge in [0.25, 0.3) is 0 Å². The van der Waals surface area contributed by atoms with Gasteiger partial charge in [-0.25, -0.2) is 4.98 Å². The predicted octanol–water partition coefficient (Wildman–Crippen LogP) is 2.37. The quantitative estimate of drug-likeness (QED) is 0.832.